The number of methoxy groups -OCH3 is 1. The van der Waals surface area contributed by atoms with Gasteiger partial charge in [0.15, 0.2) is 0 Å². The molecule has 0 aliphatic heterocycles. The zero-order valence-electron chi connectivity index (χ0n) is 19.0. The van der Waals surface area contributed by atoms with Gasteiger partial charge < -0.3 is 14.8 Å². The van der Waals surface area contributed by atoms with E-state index in [0.717, 1.165) is 70.3 Å². The molecule has 170 valence electrons. The molecule has 0 spiro atoms. The van der Waals surface area contributed by atoms with Gasteiger partial charge in [0.2, 0.25) is 5.91 Å². The van der Waals surface area contributed by atoms with E-state index in [1.807, 2.05) is 19.1 Å². The van der Waals surface area contributed by atoms with Crippen LogP contribution in [0.5, 0.6) is 5.75 Å². The molecule has 31 heavy (non-hydrogen) atoms. The van der Waals surface area contributed by atoms with Crippen LogP contribution in [0.4, 0.5) is 4.39 Å². The van der Waals surface area contributed by atoms with Crippen molar-refractivity contribution in [2.24, 2.45) is 10.8 Å². The zero-order valence-corrected chi connectivity index (χ0v) is 19.0. The van der Waals surface area contributed by atoms with Crippen molar-refractivity contribution >= 4 is 5.91 Å². The summed E-state index contributed by atoms with van der Waals surface area (Å²) in [6.07, 6.45) is 9.70. The fourth-order valence-corrected chi connectivity index (χ4v) is 5.56. The number of ether oxygens (including phenoxy) is 2. The van der Waals surface area contributed by atoms with E-state index >= 15 is 0 Å². The van der Waals surface area contributed by atoms with E-state index in [9.17, 15) is 9.18 Å². The number of benzene rings is 1. The number of hydrogen-bond acceptors (Lipinski definition) is 3. The largest absolute Gasteiger partial charge is 0.489 e. The van der Waals surface area contributed by atoms with Gasteiger partial charge >= 0.3 is 0 Å². The predicted molar refractivity (Wildman–Crippen MR) is 120 cm³/mol. The van der Waals surface area contributed by atoms with Crippen LogP contribution < -0.4 is 10.1 Å². The first kappa shape index (κ1) is 22.3. The molecule has 2 bridgehead atoms. The molecule has 0 radical (unpaired) electrons. The Morgan fingerprint density at radius 2 is 1.71 bits per heavy atom. The van der Waals surface area contributed by atoms with Crippen molar-refractivity contribution in [1.29, 1.82) is 0 Å². The number of carbonyl (C=O) groups excluding carboxylic acids is 1. The third kappa shape index (κ3) is 4.52. The summed E-state index contributed by atoms with van der Waals surface area (Å²) in [5.74, 6) is 1.04. The second-order valence-corrected chi connectivity index (χ2v) is 10.1. The minimum absolute atomic E-state index is 0.177. The standard InChI is InChI=1S/C26H36FNO3/c1-3-20(16-27)17-31-22-6-4-21(5-7-22)25-10-13-26(14-11-25,15-12-25)23(29)28-18-24(8-9-24)19-30-2/h4-7,16H,3,8-15,17-19H2,1-2H3,(H,28,29)/b20-16+. The van der Waals surface area contributed by atoms with Crippen molar-refractivity contribution in [3.63, 3.8) is 0 Å². The normalized spacial score (nSPS) is 28.9. The Bertz CT molecular complexity index is 788. The molecule has 0 heterocycles. The fourth-order valence-electron chi connectivity index (χ4n) is 5.56. The minimum Gasteiger partial charge on any atom is -0.489 e. The highest BCUT2D eigenvalue weighted by Crippen LogP contribution is 2.58. The summed E-state index contributed by atoms with van der Waals surface area (Å²) in [7, 11) is 1.74. The van der Waals surface area contributed by atoms with Crippen molar-refractivity contribution in [2.45, 2.75) is 70.1 Å². The fraction of sp³-hybridized carbons (Fsp3) is 0.654. The average Bonchev–Trinajstić information content (AvgIpc) is 3.59. The number of fused-ring (bicyclic) bond motifs is 3. The van der Waals surface area contributed by atoms with Gasteiger partial charge in [-0.15, -0.1) is 0 Å². The van der Waals surface area contributed by atoms with Gasteiger partial charge in [0.1, 0.15) is 12.4 Å². The number of halogens is 1. The second kappa shape index (κ2) is 8.93. The summed E-state index contributed by atoms with van der Waals surface area (Å²) < 4.78 is 23.8. The molecule has 1 aromatic carbocycles. The van der Waals surface area contributed by atoms with Gasteiger partial charge in [0, 0.05) is 24.5 Å². The van der Waals surface area contributed by atoms with Crippen LogP contribution >= 0.6 is 0 Å². The molecule has 4 aliphatic rings. The number of nitrogens with one attached hydrogen (secondary N) is 1. The van der Waals surface area contributed by atoms with Gasteiger partial charge in [0.25, 0.3) is 0 Å². The molecule has 4 nitrogen and oxygen atoms in total. The quantitative estimate of drug-likeness (QED) is 0.537. The first-order valence-electron chi connectivity index (χ1n) is 11.8. The summed E-state index contributed by atoms with van der Waals surface area (Å²) in [5, 5.41) is 3.28. The van der Waals surface area contributed by atoms with E-state index in [-0.39, 0.29) is 22.2 Å². The van der Waals surface area contributed by atoms with E-state index in [1.54, 1.807) is 7.11 Å². The molecule has 4 aliphatic carbocycles. The highest BCUT2D eigenvalue weighted by Gasteiger charge is 2.53. The van der Waals surface area contributed by atoms with Crippen molar-refractivity contribution in [3.05, 3.63) is 41.7 Å². The molecule has 5 rings (SSSR count). The second-order valence-electron chi connectivity index (χ2n) is 10.1. The lowest BCUT2D eigenvalue weighted by Gasteiger charge is -2.53. The Labute approximate surface area is 185 Å². The Morgan fingerprint density at radius 3 is 2.23 bits per heavy atom. The Balaban J connectivity index is 1.33. The maximum absolute atomic E-state index is 13.1. The maximum Gasteiger partial charge on any atom is 0.226 e. The lowest BCUT2D eigenvalue weighted by molar-refractivity contribution is -0.138. The van der Waals surface area contributed by atoms with Crippen LogP contribution in [0, 0.1) is 10.8 Å². The third-order valence-corrected chi connectivity index (χ3v) is 8.26. The summed E-state index contributed by atoms with van der Waals surface area (Å²) in [6.45, 7) is 3.71. The Kier molecular flexibility index (Phi) is 6.43. The molecule has 1 N–H and O–H groups in total. The highest BCUT2D eigenvalue weighted by atomic mass is 19.1. The first-order chi connectivity index (χ1) is 15.0. The van der Waals surface area contributed by atoms with Gasteiger partial charge in [-0.25, -0.2) is 4.39 Å². The topological polar surface area (TPSA) is 47.6 Å². The van der Waals surface area contributed by atoms with E-state index in [4.69, 9.17) is 9.47 Å². The van der Waals surface area contributed by atoms with Crippen LogP contribution in [0.3, 0.4) is 0 Å². The number of carbonyl (C=O) groups is 1. The third-order valence-electron chi connectivity index (χ3n) is 8.26. The Morgan fingerprint density at radius 1 is 1.06 bits per heavy atom. The molecule has 5 heteroatoms. The summed E-state index contributed by atoms with van der Waals surface area (Å²) in [6, 6.07) is 8.34. The van der Waals surface area contributed by atoms with Crippen LogP contribution in [-0.2, 0) is 14.9 Å². The lowest BCUT2D eigenvalue weighted by Crippen LogP contribution is -2.52. The maximum atomic E-state index is 13.1. The summed E-state index contributed by atoms with van der Waals surface area (Å²) in [5.41, 5.74) is 2.20. The molecule has 1 amide bonds. The predicted octanol–water partition coefficient (Wildman–Crippen LogP) is 5.46. The minimum atomic E-state index is -0.177. The van der Waals surface area contributed by atoms with E-state index in [1.165, 1.54) is 5.56 Å². The van der Waals surface area contributed by atoms with Gasteiger partial charge in [0.05, 0.1) is 12.9 Å². The molecular weight excluding hydrogens is 393 g/mol. The smallest absolute Gasteiger partial charge is 0.226 e. The number of amides is 1. The van der Waals surface area contributed by atoms with Gasteiger partial charge in [-0.3, -0.25) is 4.79 Å². The van der Waals surface area contributed by atoms with Crippen LogP contribution in [0.2, 0.25) is 0 Å². The van der Waals surface area contributed by atoms with Crippen LogP contribution in [-0.4, -0.2) is 32.8 Å². The van der Waals surface area contributed by atoms with Crippen molar-refractivity contribution in [1.82, 2.24) is 5.32 Å². The molecule has 0 saturated heterocycles. The lowest BCUT2D eigenvalue weighted by atomic mass is 9.51. The molecule has 4 saturated carbocycles. The average molecular weight is 430 g/mol. The zero-order chi connectivity index (χ0) is 22.0. The van der Waals surface area contributed by atoms with Crippen LogP contribution in [0.1, 0.15) is 70.3 Å². The molecule has 4 fully saturated rings. The number of rotatable bonds is 10. The monoisotopic (exact) mass is 429 g/mol. The van der Waals surface area contributed by atoms with Crippen molar-refractivity contribution in [3.8, 4) is 5.75 Å². The van der Waals surface area contributed by atoms with Crippen molar-refractivity contribution < 1.29 is 18.7 Å². The van der Waals surface area contributed by atoms with Crippen LogP contribution in [0.15, 0.2) is 36.2 Å². The molecule has 0 unspecified atom stereocenters. The molecule has 1 aromatic rings. The van der Waals surface area contributed by atoms with E-state index in [0.29, 0.717) is 24.9 Å². The Hall–Kier alpha value is -1.88. The molecular formula is C26H36FNO3. The van der Waals surface area contributed by atoms with E-state index in [2.05, 4.69) is 17.4 Å². The van der Waals surface area contributed by atoms with Crippen LogP contribution in [0.25, 0.3) is 0 Å². The highest BCUT2D eigenvalue weighted by molar-refractivity contribution is 5.83. The molecule has 0 atom stereocenters. The van der Waals surface area contributed by atoms with Crippen molar-refractivity contribution in [2.75, 3.05) is 26.9 Å². The summed E-state index contributed by atoms with van der Waals surface area (Å²) >= 11 is 0. The van der Waals surface area contributed by atoms with E-state index < -0.39 is 0 Å². The summed E-state index contributed by atoms with van der Waals surface area (Å²) in [4.78, 5) is 13.1. The molecule has 0 aromatic heterocycles. The SMILES string of the molecule is CC/C(=C\F)COc1ccc(C23CCC(C(=O)NCC4(COC)CC4)(CC2)CC3)cc1. The van der Waals surface area contributed by atoms with Gasteiger partial charge in [-0.2, -0.15) is 0 Å². The van der Waals surface area contributed by atoms with Gasteiger partial charge in [-0.05, 0) is 86.5 Å². The number of hydrogen-bond donors (Lipinski definition) is 1. The van der Waals surface area contributed by atoms with Gasteiger partial charge in [-0.1, -0.05) is 19.1 Å². The first-order valence-corrected chi connectivity index (χ1v) is 11.8.